The third-order valence-corrected chi connectivity index (χ3v) is 4.06. The second-order valence-electron chi connectivity index (χ2n) is 5.96. The number of amides is 1. The van der Waals surface area contributed by atoms with Crippen LogP contribution in [0.4, 0.5) is 5.69 Å². The fourth-order valence-corrected chi connectivity index (χ4v) is 2.71. The van der Waals surface area contributed by atoms with Crippen molar-refractivity contribution in [2.75, 3.05) is 5.32 Å². The number of fused-ring (bicyclic) bond motifs is 3. The summed E-state index contributed by atoms with van der Waals surface area (Å²) in [5, 5.41) is 12.4. The van der Waals surface area contributed by atoms with Crippen LogP contribution in [0.1, 0.15) is 43.0 Å². The predicted octanol–water partition coefficient (Wildman–Crippen LogP) is 2.46. The first-order chi connectivity index (χ1) is 12.5. The Morgan fingerprint density at radius 3 is 2.77 bits per heavy atom. The Labute approximate surface area is 148 Å². The number of anilines is 1. The van der Waals surface area contributed by atoms with Crippen molar-refractivity contribution in [3.63, 3.8) is 0 Å². The van der Waals surface area contributed by atoms with E-state index >= 15 is 0 Å². The SMILES string of the molecule is CCCCCC(=O)Nc1ccc2ncn3c(=O)c(C(=O)O)cnc3c2c1. The maximum Gasteiger partial charge on any atom is 0.342 e. The predicted molar refractivity (Wildman–Crippen MR) is 96.5 cm³/mol. The molecular formula is C18H18N4O4. The summed E-state index contributed by atoms with van der Waals surface area (Å²) >= 11 is 0. The second kappa shape index (κ2) is 7.30. The van der Waals surface area contributed by atoms with Crippen LogP contribution in [0.2, 0.25) is 0 Å². The second-order valence-corrected chi connectivity index (χ2v) is 5.96. The highest BCUT2D eigenvalue weighted by atomic mass is 16.4. The summed E-state index contributed by atoms with van der Waals surface area (Å²) in [6, 6.07) is 5.13. The summed E-state index contributed by atoms with van der Waals surface area (Å²) in [5.41, 5.74) is 0.316. The molecule has 0 spiro atoms. The molecule has 8 nitrogen and oxygen atoms in total. The van der Waals surface area contributed by atoms with Crippen LogP contribution in [0.3, 0.4) is 0 Å². The molecule has 1 amide bonds. The lowest BCUT2D eigenvalue weighted by Crippen LogP contribution is -2.23. The lowest BCUT2D eigenvalue weighted by molar-refractivity contribution is -0.116. The lowest BCUT2D eigenvalue weighted by atomic mass is 10.2. The number of benzene rings is 1. The standard InChI is InChI=1S/C18H18N4O4/c1-2-3-4-5-15(23)21-11-6-7-14-12(8-11)16-19-9-13(18(25)26)17(24)22(16)10-20-14/h6-10H,2-5H2,1H3,(H,21,23)(H,25,26). The number of carbonyl (C=O) groups excluding carboxylic acids is 1. The van der Waals surface area contributed by atoms with Crippen LogP contribution in [-0.4, -0.2) is 31.4 Å². The van der Waals surface area contributed by atoms with Gasteiger partial charge in [-0.25, -0.2) is 19.2 Å². The first-order valence-corrected chi connectivity index (χ1v) is 8.34. The van der Waals surface area contributed by atoms with Crippen LogP contribution >= 0.6 is 0 Å². The first kappa shape index (κ1) is 17.5. The summed E-state index contributed by atoms with van der Waals surface area (Å²) in [6.45, 7) is 2.07. The summed E-state index contributed by atoms with van der Waals surface area (Å²) in [5.74, 6) is -1.42. The lowest BCUT2D eigenvalue weighted by Gasteiger charge is -2.08. The molecule has 3 rings (SSSR count). The minimum absolute atomic E-state index is 0.0794. The molecule has 0 saturated heterocycles. The van der Waals surface area contributed by atoms with Crippen LogP contribution in [0.15, 0.2) is 35.5 Å². The van der Waals surface area contributed by atoms with Gasteiger partial charge in [-0.3, -0.25) is 9.59 Å². The molecule has 2 heterocycles. The van der Waals surface area contributed by atoms with Crippen molar-refractivity contribution in [2.24, 2.45) is 0 Å². The minimum atomic E-state index is -1.34. The van der Waals surface area contributed by atoms with E-state index in [-0.39, 0.29) is 11.6 Å². The summed E-state index contributed by atoms with van der Waals surface area (Å²) < 4.78 is 1.10. The number of hydrogen-bond donors (Lipinski definition) is 2. The molecular weight excluding hydrogens is 336 g/mol. The summed E-state index contributed by atoms with van der Waals surface area (Å²) in [7, 11) is 0. The monoisotopic (exact) mass is 354 g/mol. The molecule has 0 atom stereocenters. The normalized spacial score (nSPS) is 11.0. The summed E-state index contributed by atoms with van der Waals surface area (Å²) in [6.07, 6.45) is 5.60. The number of aromatic nitrogens is 3. The van der Waals surface area contributed by atoms with Gasteiger partial charge < -0.3 is 10.4 Å². The molecule has 0 aliphatic rings. The van der Waals surface area contributed by atoms with E-state index in [2.05, 4.69) is 22.2 Å². The van der Waals surface area contributed by atoms with E-state index in [1.54, 1.807) is 18.2 Å². The Morgan fingerprint density at radius 1 is 1.23 bits per heavy atom. The average molecular weight is 354 g/mol. The van der Waals surface area contributed by atoms with Crippen LogP contribution in [0, 0.1) is 0 Å². The van der Waals surface area contributed by atoms with Gasteiger partial charge in [-0.1, -0.05) is 19.8 Å². The van der Waals surface area contributed by atoms with E-state index in [9.17, 15) is 14.4 Å². The number of nitrogens with zero attached hydrogens (tertiary/aromatic N) is 3. The maximum atomic E-state index is 12.3. The summed E-state index contributed by atoms with van der Waals surface area (Å²) in [4.78, 5) is 43.6. The van der Waals surface area contributed by atoms with E-state index in [1.165, 1.54) is 6.33 Å². The van der Waals surface area contributed by atoms with Gasteiger partial charge in [-0.05, 0) is 24.6 Å². The molecule has 0 fully saturated rings. The van der Waals surface area contributed by atoms with Crippen molar-refractivity contribution in [1.29, 1.82) is 0 Å². The van der Waals surface area contributed by atoms with Crippen LogP contribution in [0.25, 0.3) is 16.6 Å². The topological polar surface area (TPSA) is 114 Å². The van der Waals surface area contributed by atoms with Crippen molar-refractivity contribution >= 4 is 34.1 Å². The van der Waals surface area contributed by atoms with Crippen molar-refractivity contribution in [2.45, 2.75) is 32.6 Å². The molecule has 26 heavy (non-hydrogen) atoms. The van der Waals surface area contributed by atoms with Crippen LogP contribution < -0.4 is 10.9 Å². The number of carboxylic acids is 1. The Bertz CT molecular complexity index is 1060. The van der Waals surface area contributed by atoms with Gasteiger partial charge in [0.2, 0.25) is 5.91 Å². The van der Waals surface area contributed by atoms with Crippen molar-refractivity contribution in [1.82, 2.24) is 14.4 Å². The highest BCUT2D eigenvalue weighted by Crippen LogP contribution is 2.20. The van der Waals surface area contributed by atoms with Crippen molar-refractivity contribution < 1.29 is 14.7 Å². The Hall–Kier alpha value is -3.29. The third kappa shape index (κ3) is 3.39. The number of hydrogen-bond acceptors (Lipinski definition) is 5. The largest absolute Gasteiger partial charge is 0.477 e. The number of unbranched alkanes of at least 4 members (excludes halogenated alkanes) is 2. The number of nitrogens with one attached hydrogen (secondary N) is 1. The Kier molecular flexibility index (Phi) is 4.92. The van der Waals surface area contributed by atoms with Gasteiger partial charge in [0.15, 0.2) is 0 Å². The fourth-order valence-electron chi connectivity index (χ4n) is 2.71. The van der Waals surface area contributed by atoms with Gasteiger partial charge in [-0.2, -0.15) is 0 Å². The zero-order valence-electron chi connectivity index (χ0n) is 14.2. The maximum absolute atomic E-state index is 12.3. The molecule has 2 N–H and O–H groups in total. The zero-order chi connectivity index (χ0) is 18.7. The van der Waals surface area contributed by atoms with E-state index < -0.39 is 17.1 Å². The quantitative estimate of drug-likeness (QED) is 0.519. The number of carbonyl (C=O) groups is 2. The molecule has 0 saturated carbocycles. The van der Waals surface area contributed by atoms with Gasteiger partial charge in [0.1, 0.15) is 17.5 Å². The third-order valence-electron chi connectivity index (χ3n) is 4.06. The van der Waals surface area contributed by atoms with E-state index in [1.807, 2.05) is 0 Å². The number of carboxylic acid groups (broad SMARTS) is 1. The highest BCUT2D eigenvalue weighted by Gasteiger charge is 2.14. The van der Waals surface area contributed by atoms with Crippen LogP contribution in [-0.2, 0) is 4.79 Å². The van der Waals surface area contributed by atoms with Crippen LogP contribution in [0.5, 0.6) is 0 Å². The molecule has 134 valence electrons. The molecule has 0 radical (unpaired) electrons. The van der Waals surface area contributed by atoms with Gasteiger partial charge in [0, 0.05) is 23.7 Å². The molecule has 2 aromatic heterocycles. The fraction of sp³-hybridized carbons (Fsp3) is 0.278. The average Bonchev–Trinajstić information content (AvgIpc) is 2.61. The first-order valence-electron chi connectivity index (χ1n) is 8.34. The molecule has 0 aliphatic heterocycles. The molecule has 0 aliphatic carbocycles. The van der Waals surface area contributed by atoms with Gasteiger partial charge >= 0.3 is 5.97 Å². The number of aromatic carboxylic acids is 1. The molecule has 0 bridgehead atoms. The zero-order valence-corrected chi connectivity index (χ0v) is 14.2. The minimum Gasteiger partial charge on any atom is -0.477 e. The van der Waals surface area contributed by atoms with Gasteiger partial charge in [0.25, 0.3) is 5.56 Å². The Morgan fingerprint density at radius 2 is 2.04 bits per heavy atom. The molecule has 8 heteroatoms. The van der Waals surface area contributed by atoms with E-state index in [4.69, 9.17) is 5.11 Å². The van der Waals surface area contributed by atoms with Gasteiger partial charge in [0.05, 0.1) is 5.52 Å². The Balaban J connectivity index is 2.01. The molecule has 3 aromatic rings. The highest BCUT2D eigenvalue weighted by molar-refractivity contribution is 5.98. The number of rotatable bonds is 6. The smallest absolute Gasteiger partial charge is 0.342 e. The van der Waals surface area contributed by atoms with E-state index in [0.717, 1.165) is 29.9 Å². The molecule has 1 aromatic carbocycles. The van der Waals surface area contributed by atoms with Crippen molar-refractivity contribution in [3.8, 4) is 0 Å². The van der Waals surface area contributed by atoms with Crippen molar-refractivity contribution in [3.05, 3.63) is 46.6 Å². The molecule has 0 unspecified atom stereocenters. The van der Waals surface area contributed by atoms with Gasteiger partial charge in [-0.15, -0.1) is 0 Å². The van der Waals surface area contributed by atoms with E-state index in [0.29, 0.717) is 23.0 Å².